The zero-order chi connectivity index (χ0) is 21.2. The molecule has 1 aliphatic heterocycles. The van der Waals surface area contributed by atoms with Crippen LogP contribution in [-0.2, 0) is 21.5 Å². The normalized spacial score (nSPS) is 23.7. The molecule has 1 saturated heterocycles. The molecule has 3 aromatic rings. The highest BCUT2D eigenvalue weighted by Gasteiger charge is 2.75. The number of rotatable bonds is 6. The Kier molecular flexibility index (Phi) is 3.92. The molecule has 8 heteroatoms. The Hall–Kier alpha value is -3.02. The molecule has 2 saturated carbocycles. The van der Waals surface area contributed by atoms with Crippen molar-refractivity contribution in [3.63, 3.8) is 0 Å². The quantitative estimate of drug-likeness (QED) is 0.610. The van der Waals surface area contributed by atoms with Crippen LogP contribution in [0.25, 0.3) is 16.7 Å². The van der Waals surface area contributed by atoms with Crippen LogP contribution in [0, 0.1) is 16.7 Å². The molecule has 0 amide bonds. The van der Waals surface area contributed by atoms with Crippen molar-refractivity contribution in [2.75, 3.05) is 32.2 Å². The molecule has 3 aliphatic rings. The van der Waals surface area contributed by atoms with E-state index in [-0.39, 0.29) is 16.9 Å². The first-order valence-corrected chi connectivity index (χ1v) is 10.7. The summed E-state index contributed by atoms with van der Waals surface area (Å²) in [6.45, 7) is 1.93. The van der Waals surface area contributed by atoms with Gasteiger partial charge in [-0.05, 0) is 36.3 Å². The second-order valence-corrected chi connectivity index (χ2v) is 9.00. The molecule has 2 aliphatic carbocycles. The van der Waals surface area contributed by atoms with E-state index < -0.39 is 0 Å². The van der Waals surface area contributed by atoms with E-state index in [0.29, 0.717) is 18.2 Å². The molecular formula is C23H24N6O2. The molecule has 8 nitrogen and oxygen atoms in total. The number of nitriles is 1. The first-order chi connectivity index (χ1) is 15.1. The van der Waals surface area contributed by atoms with E-state index in [4.69, 9.17) is 14.5 Å². The van der Waals surface area contributed by atoms with Gasteiger partial charge in [0.1, 0.15) is 12.4 Å². The molecule has 1 aromatic carbocycles. The second kappa shape index (κ2) is 6.49. The Balaban J connectivity index is 1.42. The number of anilines is 1. The van der Waals surface area contributed by atoms with Gasteiger partial charge in [-0.1, -0.05) is 12.1 Å². The van der Waals surface area contributed by atoms with Gasteiger partial charge < -0.3 is 14.4 Å². The molecule has 2 aromatic heterocycles. The third-order valence-electron chi connectivity index (χ3n) is 7.23. The van der Waals surface area contributed by atoms with Crippen LogP contribution in [0.3, 0.4) is 0 Å². The SMILES string of the molecule is COCc1nc(N2CC(OC)C2)cc(-n2ncc3ccc([C@]4(C#N)CC45CC5)cc32)n1. The standard InChI is InChI=1S/C23H24N6O2/c1-30-12-19-26-20(28-10-17(11-28)31-2)8-21(27-19)29-18-7-16(4-3-15(18)9-25-29)23(14-24)13-22(23)5-6-22/h3-4,7-9,17H,5-6,10-13H2,1-2H3/t23-/m1/s1. The van der Waals surface area contributed by atoms with Crippen molar-refractivity contribution < 1.29 is 9.47 Å². The third kappa shape index (κ3) is 2.70. The topological polar surface area (TPSA) is 89.1 Å². The van der Waals surface area contributed by atoms with Crippen molar-refractivity contribution >= 4 is 16.7 Å². The van der Waals surface area contributed by atoms with Crippen LogP contribution >= 0.6 is 0 Å². The largest absolute Gasteiger partial charge is 0.378 e. The highest BCUT2D eigenvalue weighted by molar-refractivity contribution is 5.82. The van der Waals surface area contributed by atoms with E-state index in [1.807, 2.05) is 16.9 Å². The van der Waals surface area contributed by atoms with E-state index in [1.165, 1.54) is 0 Å². The third-order valence-corrected chi connectivity index (χ3v) is 7.23. The highest BCUT2D eigenvalue weighted by Crippen LogP contribution is 2.78. The van der Waals surface area contributed by atoms with Gasteiger partial charge in [0.15, 0.2) is 11.6 Å². The summed E-state index contributed by atoms with van der Waals surface area (Å²) >= 11 is 0. The Bertz CT molecular complexity index is 1220. The lowest BCUT2D eigenvalue weighted by atomic mass is 9.93. The number of hydrogen-bond acceptors (Lipinski definition) is 7. The van der Waals surface area contributed by atoms with Gasteiger partial charge in [0.05, 0.1) is 29.3 Å². The fraction of sp³-hybridized carbons (Fsp3) is 0.478. The van der Waals surface area contributed by atoms with Crippen LogP contribution < -0.4 is 4.90 Å². The zero-order valence-electron chi connectivity index (χ0n) is 17.7. The number of benzene rings is 1. The van der Waals surface area contributed by atoms with Gasteiger partial charge in [-0.15, -0.1) is 0 Å². The first-order valence-electron chi connectivity index (χ1n) is 10.7. The summed E-state index contributed by atoms with van der Waals surface area (Å²) in [5.41, 5.74) is 1.95. The van der Waals surface area contributed by atoms with E-state index in [2.05, 4.69) is 39.3 Å². The predicted octanol–water partition coefficient (Wildman–Crippen LogP) is 2.74. The maximum Gasteiger partial charge on any atom is 0.159 e. The minimum absolute atomic E-state index is 0.226. The van der Waals surface area contributed by atoms with Crippen LogP contribution in [0.2, 0.25) is 0 Å². The van der Waals surface area contributed by atoms with E-state index in [9.17, 15) is 5.26 Å². The van der Waals surface area contributed by atoms with Crippen molar-refractivity contribution in [2.45, 2.75) is 37.4 Å². The first kappa shape index (κ1) is 18.7. The maximum absolute atomic E-state index is 9.94. The van der Waals surface area contributed by atoms with Crippen molar-refractivity contribution in [1.82, 2.24) is 19.7 Å². The summed E-state index contributed by atoms with van der Waals surface area (Å²) in [6.07, 6.45) is 5.37. The highest BCUT2D eigenvalue weighted by atomic mass is 16.5. The summed E-state index contributed by atoms with van der Waals surface area (Å²) in [5.74, 6) is 2.16. The van der Waals surface area contributed by atoms with Crippen LogP contribution in [-0.4, -0.2) is 53.2 Å². The van der Waals surface area contributed by atoms with Gasteiger partial charge >= 0.3 is 0 Å². The lowest BCUT2D eigenvalue weighted by molar-refractivity contribution is 0.0782. The summed E-state index contributed by atoms with van der Waals surface area (Å²) in [4.78, 5) is 11.5. The minimum atomic E-state index is -0.332. The van der Waals surface area contributed by atoms with Gasteiger partial charge in [-0.3, -0.25) is 0 Å². The smallest absolute Gasteiger partial charge is 0.159 e. The minimum Gasteiger partial charge on any atom is -0.378 e. The predicted molar refractivity (Wildman–Crippen MR) is 114 cm³/mol. The number of fused-ring (bicyclic) bond motifs is 1. The van der Waals surface area contributed by atoms with Gasteiger partial charge in [0.25, 0.3) is 0 Å². The van der Waals surface area contributed by atoms with Gasteiger partial charge in [0, 0.05) is 38.8 Å². The van der Waals surface area contributed by atoms with Crippen LogP contribution in [0.1, 0.15) is 30.7 Å². The maximum atomic E-state index is 9.94. The van der Waals surface area contributed by atoms with E-state index in [1.54, 1.807) is 14.2 Å². The lowest BCUT2D eigenvalue weighted by Crippen LogP contribution is -2.52. The Morgan fingerprint density at radius 3 is 2.65 bits per heavy atom. The van der Waals surface area contributed by atoms with Gasteiger partial charge in [-0.2, -0.15) is 10.4 Å². The number of nitrogens with zero attached hydrogens (tertiary/aromatic N) is 6. The molecule has 6 rings (SSSR count). The Morgan fingerprint density at radius 1 is 1.16 bits per heavy atom. The fourth-order valence-electron chi connectivity index (χ4n) is 5.02. The molecule has 0 radical (unpaired) electrons. The molecule has 31 heavy (non-hydrogen) atoms. The monoisotopic (exact) mass is 416 g/mol. The molecular weight excluding hydrogens is 392 g/mol. The van der Waals surface area contributed by atoms with Crippen LogP contribution in [0.4, 0.5) is 5.82 Å². The molecule has 3 fully saturated rings. The molecule has 0 N–H and O–H groups in total. The van der Waals surface area contributed by atoms with Gasteiger partial charge in [-0.25, -0.2) is 14.6 Å². The second-order valence-electron chi connectivity index (χ2n) is 9.00. The number of hydrogen-bond donors (Lipinski definition) is 0. The molecule has 1 atom stereocenters. The average molecular weight is 416 g/mol. The fourth-order valence-corrected chi connectivity index (χ4v) is 5.02. The van der Waals surface area contributed by atoms with Crippen LogP contribution in [0.5, 0.6) is 0 Å². The van der Waals surface area contributed by atoms with Crippen molar-refractivity contribution in [3.8, 4) is 11.9 Å². The molecule has 3 heterocycles. The van der Waals surface area contributed by atoms with Crippen molar-refractivity contribution in [2.24, 2.45) is 5.41 Å². The number of aromatic nitrogens is 4. The average Bonchev–Trinajstić information content (AvgIpc) is 3.62. The molecule has 158 valence electrons. The summed E-state index contributed by atoms with van der Waals surface area (Å²) < 4.78 is 12.6. The molecule has 1 spiro atoms. The Morgan fingerprint density at radius 2 is 1.97 bits per heavy atom. The van der Waals surface area contributed by atoms with E-state index in [0.717, 1.165) is 54.6 Å². The zero-order valence-corrected chi connectivity index (χ0v) is 17.7. The molecule has 0 bridgehead atoms. The van der Waals surface area contributed by atoms with Crippen molar-refractivity contribution in [1.29, 1.82) is 5.26 Å². The summed E-state index contributed by atoms with van der Waals surface area (Å²) in [7, 11) is 3.37. The van der Waals surface area contributed by atoms with Crippen molar-refractivity contribution in [3.05, 3.63) is 41.9 Å². The summed E-state index contributed by atoms with van der Waals surface area (Å²) in [5, 5.41) is 15.6. The summed E-state index contributed by atoms with van der Waals surface area (Å²) in [6, 6.07) is 10.9. The van der Waals surface area contributed by atoms with Crippen LogP contribution in [0.15, 0.2) is 30.5 Å². The number of methoxy groups -OCH3 is 2. The Labute approximate surface area is 180 Å². The number of ether oxygens (including phenoxy) is 2. The lowest BCUT2D eigenvalue weighted by Gasteiger charge is -2.39. The molecule has 0 unspecified atom stereocenters. The van der Waals surface area contributed by atoms with Gasteiger partial charge in [0.2, 0.25) is 0 Å². The van der Waals surface area contributed by atoms with E-state index >= 15 is 0 Å².